The summed E-state index contributed by atoms with van der Waals surface area (Å²) in [7, 11) is 1.56. The molecular weight excluding hydrogens is 337 g/mol. The van der Waals surface area contributed by atoms with E-state index in [0.29, 0.717) is 22.4 Å². The molecule has 0 saturated carbocycles. The van der Waals surface area contributed by atoms with Gasteiger partial charge >= 0.3 is 0 Å². The number of methoxy groups -OCH3 is 1. The third kappa shape index (κ3) is 3.96. The van der Waals surface area contributed by atoms with Gasteiger partial charge in [0.15, 0.2) is 11.5 Å². The van der Waals surface area contributed by atoms with E-state index in [4.69, 9.17) is 14.7 Å². The lowest BCUT2D eigenvalue weighted by Crippen LogP contribution is -1.99. The van der Waals surface area contributed by atoms with Gasteiger partial charge in [0.25, 0.3) is 0 Å². The second kappa shape index (κ2) is 7.09. The Balaban J connectivity index is 2.19. The van der Waals surface area contributed by atoms with E-state index in [0.717, 1.165) is 5.56 Å². The van der Waals surface area contributed by atoms with Crippen LogP contribution >= 0.6 is 15.9 Å². The molecule has 0 spiro atoms. The number of alkyl halides is 1. The molecule has 0 aromatic heterocycles. The van der Waals surface area contributed by atoms with Crippen molar-refractivity contribution in [1.82, 2.24) is 0 Å². The number of rotatable bonds is 5. The Hall–Kier alpha value is -2.06. The average molecular weight is 350 g/mol. The fourth-order valence-electron chi connectivity index (χ4n) is 1.88. The van der Waals surface area contributed by atoms with Crippen LogP contribution < -0.4 is 9.47 Å². The Morgan fingerprint density at radius 2 is 1.95 bits per heavy atom. The van der Waals surface area contributed by atoms with Gasteiger partial charge in [0.05, 0.1) is 18.7 Å². The highest BCUT2D eigenvalue weighted by Gasteiger charge is 2.07. The maximum atomic E-state index is 13.4. The van der Waals surface area contributed by atoms with Crippen LogP contribution in [0.5, 0.6) is 11.5 Å². The lowest BCUT2D eigenvalue weighted by Gasteiger charge is -2.12. The zero-order valence-corrected chi connectivity index (χ0v) is 13.0. The van der Waals surface area contributed by atoms with Gasteiger partial charge < -0.3 is 9.47 Å². The molecule has 0 bridgehead atoms. The Labute approximate surface area is 131 Å². The average Bonchev–Trinajstić information content (AvgIpc) is 2.51. The number of hydrogen-bond acceptors (Lipinski definition) is 3. The molecule has 0 aliphatic carbocycles. The number of nitriles is 1. The summed E-state index contributed by atoms with van der Waals surface area (Å²) in [5.41, 5.74) is 1.91. The molecular formula is C16H13BrFNO2. The van der Waals surface area contributed by atoms with E-state index in [1.807, 2.05) is 24.3 Å². The SMILES string of the molecule is COc1ccc(CBr)cc1OCc1cc(F)cc(C#N)c1. The van der Waals surface area contributed by atoms with Crippen molar-refractivity contribution in [3.63, 3.8) is 0 Å². The Kier molecular flexibility index (Phi) is 5.18. The second-order valence-corrected chi connectivity index (χ2v) is 4.93. The number of nitrogens with zero attached hydrogens (tertiary/aromatic N) is 1. The monoisotopic (exact) mass is 349 g/mol. The predicted molar refractivity (Wildman–Crippen MR) is 81.1 cm³/mol. The molecule has 2 rings (SSSR count). The Morgan fingerprint density at radius 1 is 1.14 bits per heavy atom. The molecule has 0 amide bonds. The minimum atomic E-state index is -0.450. The maximum absolute atomic E-state index is 13.4. The highest BCUT2D eigenvalue weighted by molar-refractivity contribution is 9.08. The van der Waals surface area contributed by atoms with E-state index in [1.165, 1.54) is 12.1 Å². The molecule has 0 unspecified atom stereocenters. The number of halogens is 2. The van der Waals surface area contributed by atoms with Gasteiger partial charge in [-0.1, -0.05) is 22.0 Å². The third-order valence-corrected chi connectivity index (χ3v) is 3.51. The molecule has 21 heavy (non-hydrogen) atoms. The molecule has 3 nitrogen and oxygen atoms in total. The molecule has 0 N–H and O–H groups in total. The Morgan fingerprint density at radius 3 is 2.62 bits per heavy atom. The number of benzene rings is 2. The van der Waals surface area contributed by atoms with Crippen LogP contribution in [-0.4, -0.2) is 7.11 Å². The van der Waals surface area contributed by atoms with Crippen LogP contribution in [0.3, 0.4) is 0 Å². The first-order valence-electron chi connectivity index (χ1n) is 6.21. The van der Waals surface area contributed by atoms with Crippen molar-refractivity contribution in [2.24, 2.45) is 0 Å². The first-order chi connectivity index (χ1) is 10.2. The summed E-state index contributed by atoms with van der Waals surface area (Å²) in [6.45, 7) is 0.161. The largest absolute Gasteiger partial charge is 0.493 e. The topological polar surface area (TPSA) is 42.2 Å². The molecule has 0 aliphatic heterocycles. The molecule has 0 atom stereocenters. The van der Waals surface area contributed by atoms with Crippen molar-refractivity contribution in [2.75, 3.05) is 7.11 Å². The van der Waals surface area contributed by atoms with Crippen molar-refractivity contribution >= 4 is 15.9 Å². The first kappa shape index (κ1) is 15.3. The van der Waals surface area contributed by atoms with Gasteiger partial charge in [0.1, 0.15) is 12.4 Å². The van der Waals surface area contributed by atoms with E-state index in [2.05, 4.69) is 15.9 Å². The molecule has 0 heterocycles. The molecule has 2 aromatic rings. The smallest absolute Gasteiger partial charge is 0.161 e. The van der Waals surface area contributed by atoms with Crippen LogP contribution in [0.1, 0.15) is 16.7 Å². The van der Waals surface area contributed by atoms with E-state index < -0.39 is 5.82 Å². The van der Waals surface area contributed by atoms with Gasteiger partial charge in [0.2, 0.25) is 0 Å². The summed E-state index contributed by atoms with van der Waals surface area (Å²) in [6.07, 6.45) is 0. The van der Waals surface area contributed by atoms with E-state index in [-0.39, 0.29) is 12.2 Å². The second-order valence-electron chi connectivity index (χ2n) is 4.37. The van der Waals surface area contributed by atoms with E-state index >= 15 is 0 Å². The van der Waals surface area contributed by atoms with Crippen LogP contribution in [0.15, 0.2) is 36.4 Å². The Bertz CT molecular complexity index is 682. The zero-order valence-electron chi connectivity index (χ0n) is 11.4. The van der Waals surface area contributed by atoms with Crippen LogP contribution in [0.4, 0.5) is 4.39 Å². The van der Waals surface area contributed by atoms with Crippen molar-refractivity contribution in [3.05, 3.63) is 58.9 Å². The maximum Gasteiger partial charge on any atom is 0.161 e. The molecule has 108 valence electrons. The van der Waals surface area contributed by atoms with Crippen LogP contribution in [0.25, 0.3) is 0 Å². The fourth-order valence-corrected chi connectivity index (χ4v) is 2.23. The molecule has 2 aromatic carbocycles. The van der Waals surface area contributed by atoms with Gasteiger partial charge in [-0.15, -0.1) is 0 Å². The minimum absolute atomic E-state index is 0.161. The molecule has 0 radical (unpaired) electrons. The zero-order chi connectivity index (χ0) is 15.2. The molecule has 0 fully saturated rings. The first-order valence-corrected chi connectivity index (χ1v) is 7.33. The lowest BCUT2D eigenvalue weighted by molar-refractivity contribution is 0.284. The fraction of sp³-hybridized carbons (Fsp3) is 0.188. The normalized spacial score (nSPS) is 10.0. The number of ether oxygens (including phenoxy) is 2. The summed E-state index contributed by atoms with van der Waals surface area (Å²) in [5.74, 6) is 0.739. The third-order valence-electron chi connectivity index (χ3n) is 2.86. The molecule has 5 heteroatoms. The van der Waals surface area contributed by atoms with Gasteiger partial charge in [-0.25, -0.2) is 4.39 Å². The quantitative estimate of drug-likeness (QED) is 0.760. The highest BCUT2D eigenvalue weighted by atomic mass is 79.9. The van der Waals surface area contributed by atoms with Crippen molar-refractivity contribution < 1.29 is 13.9 Å². The predicted octanol–water partition coefficient (Wildman–Crippen LogP) is 4.18. The van der Waals surface area contributed by atoms with Crippen molar-refractivity contribution in [2.45, 2.75) is 11.9 Å². The van der Waals surface area contributed by atoms with Gasteiger partial charge in [-0.05, 0) is 41.5 Å². The summed E-state index contributed by atoms with van der Waals surface area (Å²) >= 11 is 3.38. The van der Waals surface area contributed by atoms with Gasteiger partial charge in [-0.3, -0.25) is 0 Å². The van der Waals surface area contributed by atoms with Gasteiger partial charge in [-0.2, -0.15) is 5.26 Å². The van der Waals surface area contributed by atoms with Crippen LogP contribution in [0.2, 0.25) is 0 Å². The highest BCUT2D eigenvalue weighted by Crippen LogP contribution is 2.29. The lowest BCUT2D eigenvalue weighted by atomic mass is 10.1. The summed E-state index contributed by atoms with van der Waals surface area (Å²) in [4.78, 5) is 0. The number of hydrogen-bond donors (Lipinski definition) is 0. The van der Waals surface area contributed by atoms with Crippen molar-refractivity contribution in [3.8, 4) is 17.6 Å². The minimum Gasteiger partial charge on any atom is -0.493 e. The standard InChI is InChI=1S/C16H13BrFNO2/c1-20-15-3-2-11(8-17)7-16(15)21-10-13-4-12(9-19)5-14(18)6-13/h2-7H,8,10H2,1H3. The summed E-state index contributed by atoms with van der Waals surface area (Å²) in [5, 5.41) is 9.54. The summed E-state index contributed by atoms with van der Waals surface area (Å²) in [6, 6.07) is 11.7. The molecule has 0 aliphatic rings. The summed E-state index contributed by atoms with van der Waals surface area (Å²) < 4.78 is 24.3. The van der Waals surface area contributed by atoms with E-state index in [9.17, 15) is 4.39 Å². The van der Waals surface area contributed by atoms with E-state index in [1.54, 1.807) is 13.2 Å². The van der Waals surface area contributed by atoms with Crippen LogP contribution in [-0.2, 0) is 11.9 Å². The van der Waals surface area contributed by atoms with Crippen molar-refractivity contribution in [1.29, 1.82) is 5.26 Å². The molecule has 0 saturated heterocycles. The van der Waals surface area contributed by atoms with Gasteiger partial charge in [0, 0.05) is 5.33 Å². The van der Waals surface area contributed by atoms with Crippen LogP contribution in [0, 0.1) is 17.1 Å².